The third-order valence-electron chi connectivity index (χ3n) is 8.79. The number of benzene rings is 1. The molecule has 6 rings (SSSR count). The molecule has 0 aromatic heterocycles. The van der Waals surface area contributed by atoms with Crippen LogP contribution in [0.5, 0.6) is 0 Å². The van der Waals surface area contributed by atoms with Crippen molar-refractivity contribution in [3.8, 4) is 0 Å². The van der Waals surface area contributed by atoms with E-state index in [1.807, 2.05) is 6.92 Å². The molecule has 9 atom stereocenters. The molecule has 1 spiro atoms. The third-order valence-corrected chi connectivity index (χ3v) is 8.79. The Morgan fingerprint density at radius 1 is 1.16 bits per heavy atom. The van der Waals surface area contributed by atoms with Crippen molar-refractivity contribution in [1.82, 2.24) is 0 Å². The van der Waals surface area contributed by atoms with Crippen LogP contribution < -0.4 is 0 Å². The fourth-order valence-corrected chi connectivity index (χ4v) is 6.80. The van der Waals surface area contributed by atoms with Gasteiger partial charge in [-0.25, -0.2) is 9.78 Å². The summed E-state index contributed by atoms with van der Waals surface area (Å²) in [5.74, 6) is -0.437. The lowest BCUT2D eigenvalue weighted by Gasteiger charge is -2.60. The maximum atomic E-state index is 12.2. The maximum Gasteiger partial charge on any atom is 0.305 e. The van der Waals surface area contributed by atoms with E-state index in [-0.39, 0.29) is 35.8 Å². The Balaban J connectivity index is 1.41. The molecule has 1 saturated carbocycles. The lowest BCUT2D eigenvalue weighted by atomic mass is 9.58. The van der Waals surface area contributed by atoms with Crippen LogP contribution in [0.3, 0.4) is 0 Å². The zero-order valence-electron chi connectivity index (χ0n) is 21.9. The monoisotopic (exact) mass is 519 g/mol. The molecule has 1 aromatic carbocycles. The summed E-state index contributed by atoms with van der Waals surface area (Å²) >= 11 is 0. The summed E-state index contributed by atoms with van der Waals surface area (Å²) in [5.41, 5.74) is 0.0320. The fourth-order valence-electron chi connectivity index (χ4n) is 6.80. The van der Waals surface area contributed by atoms with Gasteiger partial charge in [0, 0.05) is 36.8 Å². The molecule has 10 nitrogen and oxygen atoms in total. The second-order valence-electron chi connectivity index (χ2n) is 11.1. The smallest absolute Gasteiger partial charge is 0.305 e. The van der Waals surface area contributed by atoms with Crippen LogP contribution >= 0.6 is 0 Å². The SMILES string of the molecule is CCOC(=O)CC[C@@H](O[C@H]1O[C@@H]2O[C@]3(C)CC[C@H]4[C@H](C)CC[C@@H]([C@H]1C)[C@@]24OO3)c1ccc([N+](=O)[O-])cc1. The molecular formula is C27H37NO9. The van der Waals surface area contributed by atoms with Crippen LogP contribution in [-0.4, -0.2) is 41.5 Å². The molecule has 1 aromatic rings. The van der Waals surface area contributed by atoms with Gasteiger partial charge in [-0.1, -0.05) is 13.8 Å². The fraction of sp³-hybridized carbons (Fsp3) is 0.741. The summed E-state index contributed by atoms with van der Waals surface area (Å²) in [6, 6.07) is 6.23. The first-order valence-electron chi connectivity index (χ1n) is 13.4. The lowest BCUT2D eigenvalue weighted by Crippen LogP contribution is -2.70. The topological polar surface area (TPSA) is 116 Å². The predicted molar refractivity (Wildman–Crippen MR) is 130 cm³/mol. The normalized spacial score (nSPS) is 39.4. The van der Waals surface area contributed by atoms with Gasteiger partial charge in [0.25, 0.3) is 5.69 Å². The second kappa shape index (κ2) is 10.2. The zero-order chi connectivity index (χ0) is 26.4. The Bertz CT molecular complexity index is 1000. The number of fused-ring (bicyclic) bond motifs is 2. The van der Waals surface area contributed by atoms with E-state index in [9.17, 15) is 14.9 Å². The highest BCUT2D eigenvalue weighted by Gasteiger charge is 2.69. The number of nitro groups is 1. The molecule has 0 radical (unpaired) electrons. The van der Waals surface area contributed by atoms with Crippen molar-refractivity contribution >= 4 is 11.7 Å². The van der Waals surface area contributed by atoms with Crippen LogP contribution in [0, 0.1) is 33.8 Å². The number of non-ortho nitro benzene ring substituents is 1. The van der Waals surface area contributed by atoms with Crippen molar-refractivity contribution in [2.24, 2.45) is 23.7 Å². The minimum Gasteiger partial charge on any atom is -0.466 e. The summed E-state index contributed by atoms with van der Waals surface area (Å²) in [7, 11) is 0. The third kappa shape index (κ3) is 4.78. The number of hydrogen-bond acceptors (Lipinski definition) is 9. The summed E-state index contributed by atoms with van der Waals surface area (Å²) < 4.78 is 24.7. The summed E-state index contributed by atoms with van der Waals surface area (Å²) in [6.45, 7) is 8.32. The molecule has 0 N–H and O–H groups in total. The van der Waals surface area contributed by atoms with Crippen LogP contribution in [0.4, 0.5) is 5.69 Å². The molecular weight excluding hydrogens is 482 g/mol. The maximum absolute atomic E-state index is 12.2. The van der Waals surface area contributed by atoms with Crippen molar-refractivity contribution in [3.63, 3.8) is 0 Å². The zero-order valence-corrected chi connectivity index (χ0v) is 21.9. The molecule has 5 fully saturated rings. The first-order valence-corrected chi connectivity index (χ1v) is 13.4. The molecule has 4 heterocycles. The van der Waals surface area contributed by atoms with Crippen LogP contribution in [-0.2, 0) is 33.5 Å². The van der Waals surface area contributed by atoms with Gasteiger partial charge >= 0.3 is 5.97 Å². The van der Waals surface area contributed by atoms with Gasteiger partial charge in [-0.3, -0.25) is 14.9 Å². The number of nitro benzene ring substituents is 1. The summed E-state index contributed by atoms with van der Waals surface area (Å²) in [4.78, 5) is 35.0. The highest BCUT2D eigenvalue weighted by Crippen LogP contribution is 2.60. The number of esters is 1. The van der Waals surface area contributed by atoms with Gasteiger partial charge < -0.3 is 18.9 Å². The quantitative estimate of drug-likeness (QED) is 0.198. The van der Waals surface area contributed by atoms with E-state index in [0.29, 0.717) is 18.9 Å². The Hall–Kier alpha value is -2.11. The predicted octanol–water partition coefficient (Wildman–Crippen LogP) is 5.20. The van der Waals surface area contributed by atoms with Gasteiger partial charge in [-0.15, -0.1) is 0 Å². The van der Waals surface area contributed by atoms with E-state index >= 15 is 0 Å². The van der Waals surface area contributed by atoms with Crippen LogP contribution in [0.1, 0.15) is 77.9 Å². The molecule has 37 heavy (non-hydrogen) atoms. The largest absolute Gasteiger partial charge is 0.466 e. The van der Waals surface area contributed by atoms with Crippen molar-refractivity contribution in [1.29, 1.82) is 0 Å². The van der Waals surface area contributed by atoms with E-state index in [1.54, 1.807) is 19.1 Å². The molecule has 5 aliphatic rings. The van der Waals surface area contributed by atoms with E-state index in [0.717, 1.165) is 31.2 Å². The van der Waals surface area contributed by atoms with E-state index < -0.39 is 35.0 Å². The molecule has 0 amide bonds. The van der Waals surface area contributed by atoms with Gasteiger partial charge in [0.15, 0.2) is 18.2 Å². The average molecular weight is 520 g/mol. The molecule has 2 bridgehead atoms. The highest BCUT2D eigenvalue weighted by molar-refractivity contribution is 5.69. The number of hydrogen-bond donors (Lipinski definition) is 0. The highest BCUT2D eigenvalue weighted by atomic mass is 17.3. The number of carbonyl (C=O) groups is 1. The van der Waals surface area contributed by atoms with Gasteiger partial charge in [0.2, 0.25) is 5.79 Å². The van der Waals surface area contributed by atoms with E-state index in [1.165, 1.54) is 12.1 Å². The van der Waals surface area contributed by atoms with Crippen molar-refractivity contribution in [3.05, 3.63) is 39.9 Å². The van der Waals surface area contributed by atoms with Gasteiger partial charge in [-0.05, 0) is 69.1 Å². The summed E-state index contributed by atoms with van der Waals surface area (Å²) in [5, 5.41) is 11.2. The van der Waals surface area contributed by atoms with Crippen molar-refractivity contribution in [2.75, 3.05) is 6.61 Å². The van der Waals surface area contributed by atoms with E-state index in [4.69, 9.17) is 28.7 Å². The minimum atomic E-state index is -0.885. The Kier molecular flexibility index (Phi) is 7.32. The van der Waals surface area contributed by atoms with Crippen LogP contribution in [0.25, 0.3) is 0 Å². The number of ether oxygens (including phenoxy) is 4. The molecule has 0 unspecified atom stereocenters. The Labute approximate surface area is 216 Å². The number of rotatable bonds is 8. The number of nitrogens with zero attached hydrogens (tertiary/aromatic N) is 1. The minimum absolute atomic E-state index is 0.00670. The Morgan fingerprint density at radius 2 is 1.92 bits per heavy atom. The molecule has 1 aliphatic carbocycles. The standard InChI is InChI=1S/C27H37NO9/c1-5-32-23(29)13-12-22(18-7-9-19(10-8-18)28(30)31)33-24-17(3)21-11-6-16(2)20-14-15-26(4)35-25(34-24)27(20,21)37-36-26/h7-10,16-17,20-22,24-25H,5-6,11-15H2,1-4H3/t16-,17-,20+,21+,22-,24+,25-,26+,27-/m1/s1. The van der Waals surface area contributed by atoms with Crippen molar-refractivity contribution < 1.29 is 38.4 Å². The number of carbonyl (C=O) groups excluding carboxylic acids is 1. The van der Waals surface area contributed by atoms with Gasteiger partial charge in [0.05, 0.1) is 17.6 Å². The molecule has 204 valence electrons. The average Bonchev–Trinajstić information content (AvgIpc) is 3.10. The van der Waals surface area contributed by atoms with Gasteiger partial charge in [0.1, 0.15) is 0 Å². The van der Waals surface area contributed by atoms with Crippen LogP contribution in [0.15, 0.2) is 24.3 Å². The Morgan fingerprint density at radius 3 is 2.62 bits per heavy atom. The van der Waals surface area contributed by atoms with E-state index in [2.05, 4.69) is 13.8 Å². The molecule has 4 saturated heterocycles. The van der Waals surface area contributed by atoms with Gasteiger partial charge in [-0.2, -0.15) is 0 Å². The van der Waals surface area contributed by atoms with Crippen molar-refractivity contribution in [2.45, 2.75) is 96.3 Å². The molecule has 4 aliphatic heterocycles. The second-order valence-corrected chi connectivity index (χ2v) is 11.1. The lowest BCUT2D eigenvalue weighted by molar-refractivity contribution is -0.578. The summed E-state index contributed by atoms with van der Waals surface area (Å²) in [6.07, 6.45) is 2.39. The first kappa shape index (κ1) is 26.5. The first-order chi connectivity index (χ1) is 17.7. The molecule has 10 heteroatoms. The van der Waals surface area contributed by atoms with Crippen LogP contribution in [0.2, 0.25) is 0 Å².